The van der Waals surface area contributed by atoms with E-state index in [1.54, 1.807) is 0 Å². The standard InChI is InChI=1S/C81H158O17P2/c1-8-10-11-45-55-62-78(83)91-68-76(97-81(86)65-58-51-44-38-32-34-40-47-53-60-73(5)6)70-95-99(87,88)93-66-75(82)67-94-100(89,90)96-71-77(69-92-79(84)63-56-49-42-36-30-26-22-18-14-12-16-20-24-28-33-39-46-52-59-72(3)4)98-80(85)64-57-50-43-37-31-27-23-19-15-13-17-21-25-29-35-41-48-54-61-74(7)9-2/h72-77,82H,8-71H2,1-7H3,(H,87,88)(H,89,90)/t74?,75-,76+,77+/m0/s1. The van der Waals surface area contributed by atoms with Gasteiger partial charge in [-0.2, -0.15) is 0 Å². The van der Waals surface area contributed by atoms with Crippen molar-refractivity contribution in [2.75, 3.05) is 39.6 Å². The third-order valence-corrected chi connectivity index (χ3v) is 21.1. The molecular weight excluding hydrogens is 1310 g/mol. The minimum Gasteiger partial charge on any atom is -0.462 e. The molecule has 0 spiro atoms. The molecule has 0 aromatic carbocycles. The molecule has 594 valence electrons. The van der Waals surface area contributed by atoms with E-state index in [0.29, 0.717) is 25.7 Å². The van der Waals surface area contributed by atoms with Gasteiger partial charge in [-0.25, -0.2) is 9.13 Å². The number of hydrogen-bond acceptors (Lipinski definition) is 15. The molecule has 0 aromatic rings. The smallest absolute Gasteiger partial charge is 0.462 e. The number of rotatable bonds is 79. The summed E-state index contributed by atoms with van der Waals surface area (Å²) >= 11 is 0. The van der Waals surface area contributed by atoms with Crippen LogP contribution in [0.3, 0.4) is 0 Å². The van der Waals surface area contributed by atoms with Gasteiger partial charge in [-0.1, -0.05) is 370 Å². The molecule has 0 aliphatic rings. The molecular formula is C81H158O17P2. The van der Waals surface area contributed by atoms with Gasteiger partial charge in [0.2, 0.25) is 0 Å². The maximum Gasteiger partial charge on any atom is 0.472 e. The Morgan fingerprint density at radius 2 is 0.510 bits per heavy atom. The summed E-state index contributed by atoms with van der Waals surface area (Å²) < 4.78 is 68.4. The first-order chi connectivity index (χ1) is 48.3. The molecule has 0 fully saturated rings. The lowest BCUT2D eigenvalue weighted by Gasteiger charge is -2.21. The van der Waals surface area contributed by atoms with Gasteiger partial charge in [0.15, 0.2) is 12.2 Å². The Morgan fingerprint density at radius 3 is 0.760 bits per heavy atom. The van der Waals surface area contributed by atoms with Gasteiger partial charge in [0.05, 0.1) is 26.4 Å². The number of hydrogen-bond donors (Lipinski definition) is 3. The Kier molecular flexibility index (Phi) is 69.9. The number of aliphatic hydroxyl groups is 1. The largest absolute Gasteiger partial charge is 0.472 e. The lowest BCUT2D eigenvalue weighted by atomic mass is 9.99. The third-order valence-electron chi connectivity index (χ3n) is 19.2. The molecule has 0 aromatic heterocycles. The molecule has 0 rings (SSSR count). The summed E-state index contributed by atoms with van der Waals surface area (Å²) in [5, 5.41) is 10.6. The molecule has 0 radical (unpaired) electrons. The summed E-state index contributed by atoms with van der Waals surface area (Å²) in [6.07, 6.45) is 60.3. The molecule has 6 atom stereocenters. The minimum absolute atomic E-state index is 0.104. The summed E-state index contributed by atoms with van der Waals surface area (Å²) in [5.41, 5.74) is 0. The van der Waals surface area contributed by atoms with Crippen LogP contribution >= 0.6 is 15.6 Å². The number of esters is 4. The average Bonchev–Trinajstić information content (AvgIpc) is 0.916. The normalized spacial score (nSPS) is 14.2. The fourth-order valence-electron chi connectivity index (χ4n) is 12.5. The van der Waals surface area contributed by atoms with Crippen molar-refractivity contribution >= 4 is 39.5 Å². The molecule has 17 nitrogen and oxygen atoms in total. The zero-order valence-corrected chi connectivity index (χ0v) is 67.5. The van der Waals surface area contributed by atoms with Gasteiger partial charge in [-0.15, -0.1) is 0 Å². The van der Waals surface area contributed by atoms with Crippen LogP contribution in [0.1, 0.15) is 421 Å². The summed E-state index contributed by atoms with van der Waals surface area (Å²) in [5.74, 6) is 0.306. The lowest BCUT2D eigenvalue weighted by Crippen LogP contribution is -2.30. The van der Waals surface area contributed by atoms with Crippen LogP contribution in [-0.2, 0) is 65.4 Å². The predicted molar refractivity (Wildman–Crippen MR) is 409 cm³/mol. The zero-order chi connectivity index (χ0) is 73.7. The first-order valence-electron chi connectivity index (χ1n) is 41.9. The van der Waals surface area contributed by atoms with Crippen LogP contribution in [0, 0.1) is 17.8 Å². The second-order valence-electron chi connectivity index (χ2n) is 30.4. The van der Waals surface area contributed by atoms with Crippen molar-refractivity contribution in [2.45, 2.75) is 439 Å². The van der Waals surface area contributed by atoms with Crippen molar-refractivity contribution < 1.29 is 80.2 Å². The molecule has 100 heavy (non-hydrogen) atoms. The van der Waals surface area contributed by atoms with Gasteiger partial charge in [0.1, 0.15) is 19.3 Å². The summed E-state index contributed by atoms with van der Waals surface area (Å²) in [7, 11) is -9.91. The first-order valence-corrected chi connectivity index (χ1v) is 44.9. The minimum atomic E-state index is -4.96. The fraction of sp³-hybridized carbons (Fsp3) is 0.951. The zero-order valence-electron chi connectivity index (χ0n) is 65.7. The highest BCUT2D eigenvalue weighted by molar-refractivity contribution is 7.47. The Balaban J connectivity index is 5.10. The highest BCUT2D eigenvalue weighted by atomic mass is 31.2. The van der Waals surface area contributed by atoms with Gasteiger partial charge >= 0.3 is 39.5 Å². The Bertz CT molecular complexity index is 1940. The van der Waals surface area contributed by atoms with Crippen LogP contribution in [0.15, 0.2) is 0 Å². The van der Waals surface area contributed by atoms with E-state index in [9.17, 15) is 43.2 Å². The van der Waals surface area contributed by atoms with Crippen LogP contribution in [-0.4, -0.2) is 96.7 Å². The lowest BCUT2D eigenvalue weighted by molar-refractivity contribution is -0.161. The first kappa shape index (κ1) is 98.1. The monoisotopic (exact) mass is 1470 g/mol. The molecule has 3 unspecified atom stereocenters. The van der Waals surface area contributed by atoms with E-state index < -0.39 is 97.5 Å². The maximum absolute atomic E-state index is 13.1. The number of phosphoric ester groups is 2. The van der Waals surface area contributed by atoms with Crippen molar-refractivity contribution in [3.63, 3.8) is 0 Å². The second kappa shape index (κ2) is 71.3. The van der Waals surface area contributed by atoms with E-state index in [4.69, 9.17) is 37.0 Å². The van der Waals surface area contributed by atoms with Gasteiger partial charge in [-0.3, -0.25) is 37.3 Å². The number of phosphoric acid groups is 2. The topological polar surface area (TPSA) is 237 Å². The second-order valence-corrected chi connectivity index (χ2v) is 33.3. The molecule has 19 heteroatoms. The molecule has 0 saturated carbocycles. The molecule has 3 N–H and O–H groups in total. The van der Waals surface area contributed by atoms with Gasteiger partial charge in [-0.05, 0) is 43.4 Å². The van der Waals surface area contributed by atoms with Crippen molar-refractivity contribution in [2.24, 2.45) is 17.8 Å². The molecule has 0 heterocycles. The van der Waals surface area contributed by atoms with E-state index in [0.717, 1.165) is 114 Å². The summed E-state index contributed by atoms with van der Waals surface area (Å²) in [6.45, 7) is 11.9. The number of unbranched alkanes of at least 4 members (excludes halogenated alkanes) is 46. The van der Waals surface area contributed by atoms with Gasteiger partial charge in [0.25, 0.3) is 0 Å². The SMILES string of the molecule is CCCCCCCC(=O)OC[C@H](COP(=O)(O)OC[C@H](O)COP(=O)(O)OC[C@@H](COC(=O)CCCCCCCCCCCCCCCCCCCCC(C)C)OC(=O)CCCCCCCCCCCCCCCCCCCCC(C)CC)OC(=O)CCCCCCCCCCCC(C)C. The van der Waals surface area contributed by atoms with Crippen molar-refractivity contribution in [3.05, 3.63) is 0 Å². The van der Waals surface area contributed by atoms with Crippen molar-refractivity contribution in [3.8, 4) is 0 Å². The number of carbonyl (C=O) groups is 4. The van der Waals surface area contributed by atoms with Crippen LogP contribution in [0.4, 0.5) is 0 Å². The number of carbonyl (C=O) groups excluding carboxylic acids is 4. The van der Waals surface area contributed by atoms with E-state index in [1.807, 2.05) is 0 Å². The quantitative estimate of drug-likeness (QED) is 0.0222. The fourth-order valence-corrected chi connectivity index (χ4v) is 14.0. The predicted octanol–water partition coefficient (Wildman–Crippen LogP) is 24.1. The number of aliphatic hydroxyl groups excluding tert-OH is 1. The summed E-state index contributed by atoms with van der Waals surface area (Å²) in [6, 6.07) is 0. The van der Waals surface area contributed by atoms with E-state index in [1.165, 1.54) is 225 Å². The average molecular weight is 1470 g/mol. The van der Waals surface area contributed by atoms with Crippen LogP contribution in [0.25, 0.3) is 0 Å². The van der Waals surface area contributed by atoms with Gasteiger partial charge in [0, 0.05) is 25.7 Å². The Hall–Kier alpha value is -1.94. The molecule has 0 bridgehead atoms. The molecule has 0 aliphatic heterocycles. The van der Waals surface area contributed by atoms with Crippen molar-refractivity contribution in [1.82, 2.24) is 0 Å². The Labute approximate surface area is 613 Å². The van der Waals surface area contributed by atoms with Crippen molar-refractivity contribution in [1.29, 1.82) is 0 Å². The molecule has 0 saturated heterocycles. The van der Waals surface area contributed by atoms with E-state index >= 15 is 0 Å². The highest BCUT2D eigenvalue weighted by Crippen LogP contribution is 2.45. The maximum atomic E-state index is 13.1. The van der Waals surface area contributed by atoms with E-state index in [2.05, 4.69) is 48.5 Å². The van der Waals surface area contributed by atoms with Gasteiger partial charge < -0.3 is 33.8 Å². The molecule has 0 amide bonds. The van der Waals surface area contributed by atoms with Crippen LogP contribution < -0.4 is 0 Å². The summed E-state index contributed by atoms with van der Waals surface area (Å²) in [4.78, 5) is 72.6. The third kappa shape index (κ3) is 73.0. The number of ether oxygens (including phenoxy) is 4. The van der Waals surface area contributed by atoms with E-state index in [-0.39, 0.29) is 25.7 Å². The molecule has 0 aliphatic carbocycles. The van der Waals surface area contributed by atoms with Crippen LogP contribution in [0.5, 0.6) is 0 Å². The highest BCUT2D eigenvalue weighted by Gasteiger charge is 2.30. The van der Waals surface area contributed by atoms with Crippen LogP contribution in [0.2, 0.25) is 0 Å². The Morgan fingerprint density at radius 1 is 0.290 bits per heavy atom.